The van der Waals surface area contributed by atoms with Crippen molar-refractivity contribution >= 4 is 5.91 Å². The van der Waals surface area contributed by atoms with Crippen molar-refractivity contribution in [1.82, 2.24) is 10.2 Å². The quantitative estimate of drug-likeness (QED) is 0.0656. The summed E-state index contributed by atoms with van der Waals surface area (Å²) in [6, 6.07) is 10.6. The molecule has 0 heterocycles. The van der Waals surface area contributed by atoms with Crippen molar-refractivity contribution in [3.63, 3.8) is 0 Å². The molecule has 0 bridgehead atoms. The largest absolute Gasteiger partial charge is 0.338 e. The smallest absolute Gasteiger partial charge is 0.222 e. The van der Waals surface area contributed by atoms with Crippen LogP contribution in [0.5, 0.6) is 0 Å². The molecule has 1 rings (SSSR count). The van der Waals surface area contributed by atoms with E-state index in [-0.39, 0.29) is 0 Å². The fraction of sp³-hybridized carbons (Fsp3) is 0.833. The molecule has 0 aliphatic heterocycles. The molecule has 274 valence electrons. The number of carbonyl (C=O) groups excluding carboxylic acids is 1. The van der Waals surface area contributed by atoms with Crippen LogP contribution < -0.4 is 15.1 Å². The summed E-state index contributed by atoms with van der Waals surface area (Å²) in [6.45, 7) is 17.5. The Balaban J connectivity index is 2.59. The Morgan fingerprint density at radius 1 is 0.553 bits per heavy atom. The Labute approximate surface area is 294 Å². The normalized spacial score (nSPS) is 12.8. The average Bonchev–Trinajstić information content (AvgIpc) is 3.09. The van der Waals surface area contributed by atoms with Gasteiger partial charge in [-0.25, -0.2) is 0 Å². The van der Waals surface area contributed by atoms with E-state index in [0.29, 0.717) is 12.3 Å². The van der Waals surface area contributed by atoms with Gasteiger partial charge in [-0.05, 0) is 44.7 Å². The molecule has 0 radical (unpaired) electrons. The topological polar surface area (TPSA) is 41.2 Å². The van der Waals surface area contributed by atoms with Gasteiger partial charge in [-0.15, -0.1) is 0 Å². The Bertz CT molecular complexity index is 788. The number of quaternary nitrogens is 2. The first-order chi connectivity index (χ1) is 23.1. The molecule has 2 atom stereocenters. The van der Waals surface area contributed by atoms with E-state index in [4.69, 9.17) is 0 Å². The van der Waals surface area contributed by atoms with Crippen LogP contribution in [0.25, 0.3) is 0 Å². The third-order valence-electron chi connectivity index (χ3n) is 10.1. The van der Waals surface area contributed by atoms with Gasteiger partial charge in [0.1, 0.15) is 0 Å². The lowest BCUT2D eigenvalue weighted by molar-refractivity contribution is -0.907. The summed E-state index contributed by atoms with van der Waals surface area (Å²) in [5.41, 5.74) is 1.26. The van der Waals surface area contributed by atoms with Gasteiger partial charge in [0.05, 0.1) is 39.3 Å². The van der Waals surface area contributed by atoms with Crippen LogP contribution in [-0.4, -0.2) is 70.2 Å². The number of unbranched alkanes of at least 4 members (excludes halogenated alkanes) is 15. The Kier molecular flexibility index (Phi) is 30.7. The zero-order valence-electron chi connectivity index (χ0n) is 32.2. The number of carbonyl (C=O) groups is 1. The summed E-state index contributed by atoms with van der Waals surface area (Å²) in [6.07, 6.45) is 28.3. The van der Waals surface area contributed by atoms with E-state index < -0.39 is 0 Å². The molecule has 2 unspecified atom stereocenters. The van der Waals surface area contributed by atoms with Crippen LogP contribution in [0.1, 0.15) is 168 Å². The minimum Gasteiger partial charge on any atom is -0.338 e. The fourth-order valence-electron chi connectivity index (χ4n) is 6.98. The first-order valence-electron chi connectivity index (χ1n) is 20.8. The Morgan fingerprint density at radius 3 is 1.49 bits per heavy atom. The minimum absolute atomic E-state index is 0.363. The van der Waals surface area contributed by atoms with Crippen molar-refractivity contribution in [3.05, 3.63) is 35.9 Å². The second-order valence-electron chi connectivity index (χ2n) is 14.5. The lowest BCUT2D eigenvalue weighted by atomic mass is 10.1. The molecule has 1 aromatic rings. The van der Waals surface area contributed by atoms with E-state index in [1.807, 2.05) is 4.90 Å². The lowest BCUT2D eigenvalue weighted by Gasteiger charge is -2.25. The first kappa shape index (κ1) is 43.6. The van der Waals surface area contributed by atoms with Crippen molar-refractivity contribution in [1.29, 1.82) is 0 Å². The van der Waals surface area contributed by atoms with Gasteiger partial charge in [0.15, 0.2) is 0 Å². The first-order valence-corrected chi connectivity index (χ1v) is 20.8. The van der Waals surface area contributed by atoms with Gasteiger partial charge >= 0.3 is 0 Å². The Hall–Kier alpha value is -1.43. The van der Waals surface area contributed by atoms with E-state index in [1.165, 1.54) is 167 Å². The molecule has 0 aromatic heterocycles. The molecule has 47 heavy (non-hydrogen) atoms. The molecule has 0 spiro atoms. The third-order valence-corrected chi connectivity index (χ3v) is 10.1. The molecule has 1 aromatic carbocycles. The third kappa shape index (κ3) is 26.2. The van der Waals surface area contributed by atoms with Gasteiger partial charge < -0.3 is 20.0 Å². The second kappa shape index (κ2) is 33.1. The lowest BCUT2D eigenvalue weighted by Crippen LogP contribution is -3.13. The molecule has 0 saturated carbocycles. The van der Waals surface area contributed by atoms with E-state index in [9.17, 15) is 4.79 Å². The van der Waals surface area contributed by atoms with Gasteiger partial charge in [-0.1, -0.05) is 128 Å². The maximum atomic E-state index is 13.5. The van der Waals surface area contributed by atoms with Gasteiger partial charge in [0.2, 0.25) is 5.91 Å². The molecular weight excluding hydrogens is 576 g/mol. The van der Waals surface area contributed by atoms with Crippen LogP contribution in [0.4, 0.5) is 0 Å². The summed E-state index contributed by atoms with van der Waals surface area (Å²) in [7, 11) is 2.08. The number of nitrogens with one attached hydrogen (secondary N) is 3. The number of rotatable bonds is 35. The maximum absolute atomic E-state index is 13.5. The standard InChI is InChI=1S/C42H80N4O/c1-5-8-11-14-15-16-17-18-22-31-42(47)46(40-41-29-20-19-21-30-41)39-28-38-45(34-24-13-10-7-3)36-26-25-35-44(37-27-32-43-4)33-23-12-9-6-2/h19-21,29-30,43H,5-18,22-28,31-40H2,1-4H3/p+2. The van der Waals surface area contributed by atoms with E-state index >= 15 is 0 Å². The number of hydrogen-bond donors (Lipinski definition) is 3. The zero-order chi connectivity index (χ0) is 34.0. The van der Waals surface area contributed by atoms with E-state index in [2.05, 4.69) is 68.4 Å². The van der Waals surface area contributed by atoms with Crippen LogP contribution in [0.2, 0.25) is 0 Å². The van der Waals surface area contributed by atoms with Gasteiger partial charge in [-0.3, -0.25) is 4.79 Å². The molecule has 0 aliphatic rings. The maximum Gasteiger partial charge on any atom is 0.222 e. The highest BCUT2D eigenvalue weighted by Gasteiger charge is 2.16. The number of benzene rings is 1. The molecule has 0 saturated heterocycles. The predicted molar refractivity (Wildman–Crippen MR) is 206 cm³/mol. The zero-order valence-corrected chi connectivity index (χ0v) is 32.2. The van der Waals surface area contributed by atoms with Crippen molar-refractivity contribution < 1.29 is 14.6 Å². The molecule has 5 heteroatoms. The number of amides is 1. The van der Waals surface area contributed by atoms with Crippen molar-refractivity contribution in [2.75, 3.05) is 59.4 Å². The Morgan fingerprint density at radius 2 is 0.979 bits per heavy atom. The van der Waals surface area contributed by atoms with Gasteiger partial charge in [-0.2, -0.15) is 0 Å². The van der Waals surface area contributed by atoms with E-state index in [1.54, 1.807) is 4.90 Å². The number of hydrogen-bond acceptors (Lipinski definition) is 2. The van der Waals surface area contributed by atoms with Crippen LogP contribution in [-0.2, 0) is 11.3 Å². The second-order valence-corrected chi connectivity index (χ2v) is 14.5. The van der Waals surface area contributed by atoms with Gasteiger partial charge in [0, 0.05) is 51.7 Å². The summed E-state index contributed by atoms with van der Waals surface area (Å²) >= 11 is 0. The summed E-state index contributed by atoms with van der Waals surface area (Å²) in [5.74, 6) is 0.363. The number of nitrogens with zero attached hydrogens (tertiary/aromatic N) is 1. The van der Waals surface area contributed by atoms with Crippen molar-refractivity contribution in [3.8, 4) is 0 Å². The highest BCUT2D eigenvalue weighted by atomic mass is 16.2. The predicted octanol–water partition coefficient (Wildman–Crippen LogP) is 7.65. The molecule has 0 aliphatic carbocycles. The molecule has 5 nitrogen and oxygen atoms in total. The van der Waals surface area contributed by atoms with E-state index in [0.717, 1.165) is 32.5 Å². The van der Waals surface area contributed by atoms with Crippen LogP contribution in [0.15, 0.2) is 30.3 Å². The summed E-state index contributed by atoms with van der Waals surface area (Å²) < 4.78 is 0. The van der Waals surface area contributed by atoms with Crippen molar-refractivity contribution in [2.45, 2.75) is 169 Å². The molecule has 0 fully saturated rings. The highest BCUT2D eigenvalue weighted by Crippen LogP contribution is 2.13. The minimum atomic E-state index is 0.363. The van der Waals surface area contributed by atoms with Crippen molar-refractivity contribution in [2.24, 2.45) is 0 Å². The highest BCUT2D eigenvalue weighted by molar-refractivity contribution is 5.76. The average molecular weight is 659 g/mol. The molecule has 1 amide bonds. The fourth-order valence-corrected chi connectivity index (χ4v) is 6.98. The monoisotopic (exact) mass is 659 g/mol. The van der Waals surface area contributed by atoms with Crippen LogP contribution in [0, 0.1) is 0 Å². The summed E-state index contributed by atoms with van der Waals surface area (Å²) in [4.78, 5) is 19.2. The molecule has 3 N–H and O–H groups in total. The summed E-state index contributed by atoms with van der Waals surface area (Å²) in [5, 5.41) is 3.34. The molecular formula is C42H82N4O+2. The van der Waals surface area contributed by atoms with Crippen LogP contribution in [0.3, 0.4) is 0 Å². The van der Waals surface area contributed by atoms with Gasteiger partial charge in [0.25, 0.3) is 0 Å². The SMILES string of the molecule is CCCCCCCCCCCC(=O)N(CCC[NH+](CCCCCC)CCCC[NH+](CCCCCC)CCCNC)Cc1ccccc1. The van der Waals surface area contributed by atoms with Crippen LogP contribution >= 0.6 is 0 Å².